The van der Waals surface area contributed by atoms with E-state index in [1.54, 1.807) is 5.57 Å². The zero-order valence-corrected chi connectivity index (χ0v) is 17.7. The van der Waals surface area contributed by atoms with Crippen LogP contribution in [0, 0.1) is 23.2 Å². The number of carbonyl (C=O) groups is 1. The third-order valence-corrected chi connectivity index (χ3v) is 7.88. The summed E-state index contributed by atoms with van der Waals surface area (Å²) in [6, 6.07) is 6.07. The van der Waals surface area contributed by atoms with E-state index in [0.717, 1.165) is 45.0 Å². The van der Waals surface area contributed by atoms with E-state index in [4.69, 9.17) is 4.74 Å². The minimum atomic E-state index is -0.00687. The number of pyridine rings is 1. The Morgan fingerprint density at radius 2 is 2.07 bits per heavy atom. The molecule has 0 amide bonds. The van der Waals surface area contributed by atoms with Crippen LogP contribution in [0.3, 0.4) is 0 Å². The van der Waals surface area contributed by atoms with Gasteiger partial charge in [-0.05, 0) is 42.7 Å². The number of carbonyl (C=O) groups excluding carboxylic acids is 1. The van der Waals surface area contributed by atoms with E-state index < -0.39 is 0 Å². The lowest BCUT2D eigenvalue weighted by molar-refractivity contribution is -0.145. The normalized spacial score (nSPS) is 37.5. The molecule has 3 fully saturated rings. The highest BCUT2D eigenvalue weighted by atomic mass is 16.6. The summed E-state index contributed by atoms with van der Waals surface area (Å²) in [7, 11) is 0. The number of ether oxygens (including phenoxy) is 1. The van der Waals surface area contributed by atoms with Gasteiger partial charge in [-0.1, -0.05) is 38.0 Å². The summed E-state index contributed by atoms with van der Waals surface area (Å²) in [6.45, 7) is 9.46. The smallest absolute Gasteiger partial charge is 0.311 e. The van der Waals surface area contributed by atoms with Crippen LogP contribution in [0.25, 0.3) is 0 Å². The fourth-order valence-corrected chi connectivity index (χ4v) is 6.24. The van der Waals surface area contributed by atoms with Gasteiger partial charge in [-0.25, -0.2) is 4.98 Å². The molecule has 5 rings (SSSR count). The van der Waals surface area contributed by atoms with Crippen LogP contribution < -0.4 is 4.90 Å². The monoisotopic (exact) mass is 395 g/mol. The number of aromatic nitrogens is 1. The molecule has 0 spiro atoms. The van der Waals surface area contributed by atoms with Crippen molar-refractivity contribution in [1.82, 2.24) is 9.88 Å². The molecule has 4 aliphatic rings. The Labute approximate surface area is 174 Å². The van der Waals surface area contributed by atoms with Gasteiger partial charge in [0, 0.05) is 44.8 Å². The number of fused-ring (bicyclic) bond motifs is 2. The van der Waals surface area contributed by atoms with Crippen molar-refractivity contribution in [2.24, 2.45) is 23.2 Å². The number of allylic oxidation sites excluding steroid dienone is 1. The molecule has 2 aliphatic heterocycles. The highest BCUT2D eigenvalue weighted by Gasteiger charge is 2.52. The van der Waals surface area contributed by atoms with Crippen molar-refractivity contribution in [2.45, 2.75) is 45.6 Å². The van der Waals surface area contributed by atoms with Crippen LogP contribution in [0.15, 0.2) is 36.0 Å². The van der Waals surface area contributed by atoms with Gasteiger partial charge >= 0.3 is 5.97 Å². The number of hydrogen-bond acceptors (Lipinski definition) is 5. The van der Waals surface area contributed by atoms with Gasteiger partial charge in [0.25, 0.3) is 0 Å². The predicted octanol–water partition coefficient (Wildman–Crippen LogP) is 3.52. The van der Waals surface area contributed by atoms with Crippen molar-refractivity contribution in [1.29, 1.82) is 0 Å². The lowest BCUT2D eigenvalue weighted by Crippen LogP contribution is -2.49. The third-order valence-electron chi connectivity index (χ3n) is 7.88. The van der Waals surface area contributed by atoms with Crippen LogP contribution in [-0.2, 0) is 9.53 Å². The minimum absolute atomic E-state index is 0.00687. The van der Waals surface area contributed by atoms with Crippen molar-refractivity contribution < 1.29 is 9.53 Å². The first kappa shape index (κ1) is 19.1. The van der Waals surface area contributed by atoms with E-state index in [1.165, 1.54) is 19.3 Å². The number of rotatable bonds is 3. The number of esters is 1. The summed E-state index contributed by atoms with van der Waals surface area (Å²) in [5.74, 6) is 1.98. The predicted molar refractivity (Wildman–Crippen MR) is 114 cm³/mol. The van der Waals surface area contributed by atoms with Crippen molar-refractivity contribution >= 4 is 11.8 Å². The van der Waals surface area contributed by atoms with Crippen LogP contribution in [-0.4, -0.2) is 54.7 Å². The molecular weight excluding hydrogens is 362 g/mol. The fraction of sp³-hybridized carbons (Fsp3) is 0.667. The zero-order valence-electron chi connectivity index (χ0n) is 17.7. The van der Waals surface area contributed by atoms with Crippen LogP contribution in [0.4, 0.5) is 5.82 Å². The van der Waals surface area contributed by atoms with E-state index in [-0.39, 0.29) is 29.3 Å². The highest BCUT2D eigenvalue weighted by Crippen LogP contribution is 2.54. The standard InChI is InChI=1S/C24H33N3O2/c1-17-6-5-8-24(2)15-21-18(14-20(17)24)19(23(28)29-21)16-26-10-12-27(13-11-26)22-7-3-4-9-25-22/h3-4,7,9,14,17-19,21H,5-6,8,10-13,15-16H2,1-2H3/t17-,18+,19-,21+,24+/m0/s1. The fourth-order valence-electron chi connectivity index (χ4n) is 6.24. The van der Waals surface area contributed by atoms with Crippen LogP contribution in [0.1, 0.15) is 39.5 Å². The second-order valence-electron chi connectivity index (χ2n) is 9.81. The second kappa shape index (κ2) is 7.42. The molecular formula is C24H33N3O2. The molecule has 1 aromatic heterocycles. The van der Waals surface area contributed by atoms with E-state index in [1.807, 2.05) is 18.3 Å². The minimum Gasteiger partial charge on any atom is -0.461 e. The summed E-state index contributed by atoms with van der Waals surface area (Å²) in [5.41, 5.74) is 1.84. The SMILES string of the molecule is C[C@H]1CCC[C@]2(C)C[C@H]3OC(=O)[C@@H](CN4CCN(c5ccccn5)CC4)[C@H]3C=C12. The van der Waals surface area contributed by atoms with E-state index in [2.05, 4.69) is 40.8 Å². The van der Waals surface area contributed by atoms with Gasteiger partial charge in [-0.2, -0.15) is 0 Å². The molecule has 5 atom stereocenters. The van der Waals surface area contributed by atoms with Gasteiger partial charge in [0.05, 0.1) is 5.92 Å². The maximum atomic E-state index is 12.8. The maximum absolute atomic E-state index is 12.8. The van der Waals surface area contributed by atoms with Crippen molar-refractivity contribution in [2.75, 3.05) is 37.6 Å². The number of piperazine rings is 1. The number of anilines is 1. The first-order valence-corrected chi connectivity index (χ1v) is 11.3. The Balaban J connectivity index is 1.27. The first-order valence-electron chi connectivity index (χ1n) is 11.3. The quantitative estimate of drug-likeness (QED) is 0.579. The molecule has 1 saturated carbocycles. The Hall–Kier alpha value is -1.88. The van der Waals surface area contributed by atoms with Crippen LogP contribution >= 0.6 is 0 Å². The average Bonchev–Trinajstić information content (AvgIpc) is 3.01. The molecule has 0 radical (unpaired) electrons. The maximum Gasteiger partial charge on any atom is 0.311 e. The Bertz CT molecular complexity index is 787. The number of hydrogen-bond donors (Lipinski definition) is 0. The molecule has 29 heavy (non-hydrogen) atoms. The molecule has 0 bridgehead atoms. The summed E-state index contributed by atoms with van der Waals surface area (Å²) >= 11 is 0. The van der Waals surface area contributed by atoms with E-state index in [9.17, 15) is 4.79 Å². The summed E-state index contributed by atoms with van der Waals surface area (Å²) < 4.78 is 5.93. The molecule has 0 aromatic carbocycles. The summed E-state index contributed by atoms with van der Waals surface area (Å²) in [6.07, 6.45) is 9.25. The Kier molecular flexibility index (Phi) is 4.89. The topological polar surface area (TPSA) is 45.7 Å². The van der Waals surface area contributed by atoms with Gasteiger partial charge < -0.3 is 9.64 Å². The Morgan fingerprint density at radius 1 is 1.24 bits per heavy atom. The van der Waals surface area contributed by atoms with Crippen molar-refractivity contribution in [3.05, 3.63) is 36.0 Å². The van der Waals surface area contributed by atoms with Gasteiger partial charge in [-0.3, -0.25) is 9.69 Å². The molecule has 2 saturated heterocycles. The largest absolute Gasteiger partial charge is 0.461 e. The molecule has 5 heteroatoms. The molecule has 0 N–H and O–H groups in total. The van der Waals surface area contributed by atoms with Gasteiger partial charge in [0.1, 0.15) is 11.9 Å². The summed E-state index contributed by atoms with van der Waals surface area (Å²) in [5, 5.41) is 0. The van der Waals surface area contributed by atoms with Gasteiger partial charge in [0.15, 0.2) is 0 Å². The molecule has 1 aromatic rings. The lowest BCUT2D eigenvalue weighted by atomic mass is 9.59. The summed E-state index contributed by atoms with van der Waals surface area (Å²) in [4.78, 5) is 22.1. The van der Waals surface area contributed by atoms with Gasteiger partial charge in [-0.15, -0.1) is 0 Å². The zero-order chi connectivity index (χ0) is 20.0. The molecule has 5 nitrogen and oxygen atoms in total. The van der Waals surface area contributed by atoms with Crippen molar-refractivity contribution in [3.8, 4) is 0 Å². The highest BCUT2D eigenvalue weighted by molar-refractivity contribution is 5.76. The Morgan fingerprint density at radius 3 is 2.83 bits per heavy atom. The number of nitrogens with zero attached hydrogens (tertiary/aromatic N) is 3. The van der Waals surface area contributed by atoms with E-state index in [0.29, 0.717) is 5.92 Å². The van der Waals surface area contributed by atoms with Crippen LogP contribution in [0.2, 0.25) is 0 Å². The molecule has 156 valence electrons. The molecule has 3 heterocycles. The second-order valence-corrected chi connectivity index (χ2v) is 9.81. The average molecular weight is 396 g/mol. The lowest BCUT2D eigenvalue weighted by Gasteiger charge is -2.46. The third kappa shape index (κ3) is 3.48. The van der Waals surface area contributed by atoms with E-state index >= 15 is 0 Å². The van der Waals surface area contributed by atoms with Crippen molar-refractivity contribution in [3.63, 3.8) is 0 Å². The van der Waals surface area contributed by atoms with Crippen LogP contribution in [0.5, 0.6) is 0 Å². The molecule has 2 aliphatic carbocycles. The first-order chi connectivity index (χ1) is 14.0. The molecule has 0 unspecified atom stereocenters. The van der Waals surface area contributed by atoms with Gasteiger partial charge in [0.2, 0.25) is 0 Å².